The first-order valence-corrected chi connectivity index (χ1v) is 6.45. The van der Waals surface area contributed by atoms with Crippen molar-refractivity contribution in [2.75, 3.05) is 13.1 Å². The monoisotopic (exact) mass is 284 g/mol. The van der Waals surface area contributed by atoms with Crippen molar-refractivity contribution in [2.45, 2.75) is 31.9 Å². The van der Waals surface area contributed by atoms with Crippen LogP contribution in [0.1, 0.15) is 30.5 Å². The number of nitrogens with one attached hydrogen (secondary N) is 2. The largest absolute Gasteiger partial charge is 0.393 e. The van der Waals surface area contributed by atoms with Gasteiger partial charge in [0.05, 0.1) is 6.10 Å². The second-order valence-corrected chi connectivity index (χ2v) is 4.76. The van der Waals surface area contributed by atoms with Crippen molar-refractivity contribution in [3.8, 4) is 0 Å². The number of aliphatic hydroxyl groups is 1. The van der Waals surface area contributed by atoms with Crippen molar-refractivity contribution in [3.05, 3.63) is 35.4 Å². The first kappa shape index (κ1) is 16.0. The summed E-state index contributed by atoms with van der Waals surface area (Å²) in [4.78, 5) is 12.1. The SMILES string of the molecule is CC(O)CCNC(=O)C1NCCc2ccccc21.Cl. The van der Waals surface area contributed by atoms with Gasteiger partial charge in [-0.2, -0.15) is 0 Å². The summed E-state index contributed by atoms with van der Waals surface area (Å²) in [6.45, 7) is 3.06. The van der Waals surface area contributed by atoms with Crippen LogP contribution < -0.4 is 10.6 Å². The standard InChI is InChI=1S/C14H20N2O2.ClH/c1-10(17)6-8-16-14(18)13-12-5-3-2-4-11(12)7-9-15-13;/h2-5,10,13,15,17H,6-9H2,1H3,(H,16,18);1H. The van der Waals surface area contributed by atoms with Gasteiger partial charge in [-0.3, -0.25) is 4.79 Å². The van der Waals surface area contributed by atoms with E-state index in [4.69, 9.17) is 5.11 Å². The number of aliphatic hydroxyl groups excluding tert-OH is 1. The van der Waals surface area contributed by atoms with E-state index in [1.807, 2.05) is 18.2 Å². The first-order chi connectivity index (χ1) is 8.68. The Hall–Kier alpha value is -1.10. The third-order valence-corrected chi connectivity index (χ3v) is 3.23. The Morgan fingerprint density at radius 3 is 3.00 bits per heavy atom. The lowest BCUT2D eigenvalue weighted by molar-refractivity contribution is -0.123. The average Bonchev–Trinajstić information content (AvgIpc) is 2.37. The molecule has 19 heavy (non-hydrogen) atoms. The number of amides is 1. The molecule has 0 spiro atoms. The van der Waals surface area contributed by atoms with Gasteiger partial charge >= 0.3 is 0 Å². The smallest absolute Gasteiger partial charge is 0.241 e. The summed E-state index contributed by atoms with van der Waals surface area (Å²) in [6, 6.07) is 7.78. The normalized spacial score (nSPS) is 18.9. The van der Waals surface area contributed by atoms with Crippen LogP contribution in [-0.2, 0) is 11.2 Å². The molecule has 0 saturated heterocycles. The number of hydrogen-bond donors (Lipinski definition) is 3. The number of hydrogen-bond acceptors (Lipinski definition) is 3. The van der Waals surface area contributed by atoms with Gasteiger partial charge in [-0.15, -0.1) is 12.4 Å². The van der Waals surface area contributed by atoms with Gasteiger partial charge in [-0.25, -0.2) is 0 Å². The average molecular weight is 285 g/mol. The zero-order valence-electron chi connectivity index (χ0n) is 11.1. The fraction of sp³-hybridized carbons (Fsp3) is 0.500. The highest BCUT2D eigenvalue weighted by Crippen LogP contribution is 2.22. The molecular weight excluding hydrogens is 264 g/mol. The Morgan fingerprint density at radius 2 is 2.26 bits per heavy atom. The number of halogens is 1. The van der Waals surface area contributed by atoms with Crippen molar-refractivity contribution < 1.29 is 9.90 Å². The highest BCUT2D eigenvalue weighted by atomic mass is 35.5. The molecule has 0 radical (unpaired) electrons. The minimum absolute atomic E-state index is 0. The molecule has 0 fully saturated rings. The van der Waals surface area contributed by atoms with E-state index in [1.165, 1.54) is 5.56 Å². The van der Waals surface area contributed by atoms with Crippen LogP contribution in [0.5, 0.6) is 0 Å². The second-order valence-electron chi connectivity index (χ2n) is 4.76. The molecule has 1 aliphatic rings. The fourth-order valence-corrected chi connectivity index (χ4v) is 2.24. The molecule has 106 valence electrons. The van der Waals surface area contributed by atoms with Gasteiger partial charge in [0.15, 0.2) is 0 Å². The lowest BCUT2D eigenvalue weighted by Gasteiger charge is -2.26. The number of benzene rings is 1. The van der Waals surface area contributed by atoms with E-state index in [-0.39, 0.29) is 30.5 Å². The summed E-state index contributed by atoms with van der Waals surface area (Å²) in [5.41, 5.74) is 2.31. The quantitative estimate of drug-likeness (QED) is 0.778. The Bertz CT molecular complexity index is 424. The van der Waals surface area contributed by atoms with Crippen molar-refractivity contribution in [1.29, 1.82) is 0 Å². The molecule has 4 nitrogen and oxygen atoms in total. The summed E-state index contributed by atoms with van der Waals surface area (Å²) < 4.78 is 0. The Kier molecular flexibility index (Phi) is 6.28. The van der Waals surface area contributed by atoms with Gasteiger partial charge in [0, 0.05) is 13.1 Å². The molecule has 2 rings (SSSR count). The summed E-state index contributed by atoms with van der Waals surface area (Å²) in [7, 11) is 0. The van der Waals surface area contributed by atoms with Crippen LogP contribution in [0, 0.1) is 0 Å². The molecule has 0 aromatic heterocycles. The van der Waals surface area contributed by atoms with Gasteiger partial charge < -0.3 is 15.7 Å². The number of rotatable bonds is 4. The maximum atomic E-state index is 12.1. The summed E-state index contributed by atoms with van der Waals surface area (Å²) in [5, 5.41) is 15.3. The predicted molar refractivity (Wildman–Crippen MR) is 77.4 cm³/mol. The number of carbonyl (C=O) groups is 1. The van der Waals surface area contributed by atoms with Crippen molar-refractivity contribution in [1.82, 2.24) is 10.6 Å². The van der Waals surface area contributed by atoms with Crippen molar-refractivity contribution in [2.24, 2.45) is 0 Å². The van der Waals surface area contributed by atoms with Crippen LogP contribution in [0.15, 0.2) is 24.3 Å². The lowest BCUT2D eigenvalue weighted by Crippen LogP contribution is -2.42. The second kappa shape index (κ2) is 7.48. The molecule has 1 aromatic carbocycles. The lowest BCUT2D eigenvalue weighted by atomic mass is 9.94. The van der Waals surface area contributed by atoms with Gasteiger partial charge in [0.1, 0.15) is 6.04 Å². The van der Waals surface area contributed by atoms with Crippen LogP contribution in [0.4, 0.5) is 0 Å². The van der Waals surface area contributed by atoms with Gasteiger partial charge in [-0.05, 0) is 30.9 Å². The van der Waals surface area contributed by atoms with Crippen LogP contribution in [0.2, 0.25) is 0 Å². The zero-order chi connectivity index (χ0) is 13.0. The summed E-state index contributed by atoms with van der Waals surface area (Å²) in [6.07, 6.45) is 1.17. The van der Waals surface area contributed by atoms with E-state index in [0.717, 1.165) is 18.5 Å². The van der Waals surface area contributed by atoms with Crippen molar-refractivity contribution in [3.63, 3.8) is 0 Å². The minimum atomic E-state index is -0.378. The molecule has 1 aliphatic heterocycles. The molecule has 0 saturated carbocycles. The third-order valence-electron chi connectivity index (χ3n) is 3.23. The molecule has 0 bridgehead atoms. The van der Waals surface area contributed by atoms with Crippen LogP contribution >= 0.6 is 12.4 Å². The molecule has 5 heteroatoms. The van der Waals surface area contributed by atoms with E-state index in [2.05, 4.69) is 16.7 Å². The fourth-order valence-electron chi connectivity index (χ4n) is 2.24. The molecule has 1 heterocycles. The van der Waals surface area contributed by atoms with E-state index in [9.17, 15) is 4.79 Å². The molecule has 3 N–H and O–H groups in total. The third kappa shape index (κ3) is 4.20. The summed E-state index contributed by atoms with van der Waals surface area (Å²) >= 11 is 0. The predicted octanol–water partition coefficient (Wildman–Crippen LogP) is 1.18. The highest BCUT2D eigenvalue weighted by molar-refractivity contribution is 5.85. The maximum absolute atomic E-state index is 12.1. The Balaban J connectivity index is 0.00000180. The first-order valence-electron chi connectivity index (χ1n) is 6.45. The van der Waals surface area contributed by atoms with E-state index < -0.39 is 0 Å². The maximum Gasteiger partial charge on any atom is 0.241 e. The molecule has 0 aliphatic carbocycles. The molecule has 1 amide bonds. The van der Waals surface area contributed by atoms with Crippen LogP contribution in [0.25, 0.3) is 0 Å². The molecule has 2 unspecified atom stereocenters. The number of fused-ring (bicyclic) bond motifs is 1. The van der Waals surface area contributed by atoms with Gasteiger partial charge in [-0.1, -0.05) is 24.3 Å². The highest BCUT2D eigenvalue weighted by Gasteiger charge is 2.25. The molecule has 1 aromatic rings. The number of carbonyl (C=O) groups excluding carboxylic acids is 1. The van der Waals surface area contributed by atoms with Gasteiger partial charge in [0.25, 0.3) is 0 Å². The van der Waals surface area contributed by atoms with E-state index >= 15 is 0 Å². The van der Waals surface area contributed by atoms with Crippen LogP contribution in [-0.4, -0.2) is 30.2 Å². The van der Waals surface area contributed by atoms with Crippen LogP contribution in [0.3, 0.4) is 0 Å². The zero-order valence-corrected chi connectivity index (χ0v) is 11.9. The van der Waals surface area contributed by atoms with Gasteiger partial charge in [0.2, 0.25) is 5.91 Å². The minimum Gasteiger partial charge on any atom is -0.393 e. The van der Waals surface area contributed by atoms with E-state index in [1.54, 1.807) is 6.92 Å². The Morgan fingerprint density at radius 1 is 1.53 bits per heavy atom. The Labute approximate surface area is 120 Å². The molecular formula is C14H21ClN2O2. The topological polar surface area (TPSA) is 61.4 Å². The van der Waals surface area contributed by atoms with Crippen molar-refractivity contribution >= 4 is 18.3 Å². The molecule has 2 atom stereocenters. The summed E-state index contributed by atoms with van der Waals surface area (Å²) in [5.74, 6) is -0.0113. The van der Waals surface area contributed by atoms with E-state index in [0.29, 0.717) is 13.0 Å².